The molecule has 4 heterocycles. The number of para-hydroxylation sites is 2. The van der Waals surface area contributed by atoms with Gasteiger partial charge in [-0.3, -0.25) is 0 Å². The van der Waals surface area contributed by atoms with E-state index in [-0.39, 0.29) is 10.8 Å². The first-order valence-corrected chi connectivity index (χ1v) is 36.5. The molecule has 21 rings (SSSR count). The van der Waals surface area contributed by atoms with E-state index < -0.39 is 0 Å². The molecule has 0 radical (unpaired) electrons. The van der Waals surface area contributed by atoms with E-state index in [1.54, 1.807) is 0 Å². The molecule has 105 heavy (non-hydrogen) atoms. The maximum Gasteiger partial charge on any atom is 0.160 e. The highest BCUT2D eigenvalue weighted by molar-refractivity contribution is 6.15. The van der Waals surface area contributed by atoms with Crippen molar-refractivity contribution >= 4 is 65.4 Å². The van der Waals surface area contributed by atoms with Gasteiger partial charge in [-0.05, 0) is 192 Å². The first-order chi connectivity index (χ1) is 51.5. The number of benzene rings is 15. The van der Waals surface area contributed by atoms with Crippen molar-refractivity contribution in [1.29, 1.82) is 0 Å². The van der Waals surface area contributed by atoms with Crippen LogP contribution in [0.25, 0.3) is 183 Å². The maximum atomic E-state index is 5.45. The predicted octanol–water partition coefficient (Wildman–Crippen LogP) is 26.0. The number of aromatic nitrogens is 5. The first kappa shape index (κ1) is 60.5. The summed E-state index contributed by atoms with van der Waals surface area (Å²) in [5.41, 5.74) is 34.8. The summed E-state index contributed by atoms with van der Waals surface area (Å²) in [5.74, 6) is 0.652. The Bertz CT molecular complexity index is 6420. The molecule has 2 aliphatic rings. The second kappa shape index (κ2) is 23.2. The summed E-state index contributed by atoms with van der Waals surface area (Å²) >= 11 is 0. The summed E-state index contributed by atoms with van der Waals surface area (Å²) < 4.78 is 7.38. The van der Waals surface area contributed by atoms with E-state index in [9.17, 15) is 0 Å². The minimum atomic E-state index is -0.122. The van der Waals surface area contributed by atoms with Gasteiger partial charge >= 0.3 is 0 Å². The molecule has 0 atom stereocenters. The van der Waals surface area contributed by atoms with Gasteiger partial charge < -0.3 is 13.7 Å². The molecule has 0 fully saturated rings. The summed E-state index contributed by atoms with van der Waals surface area (Å²) in [4.78, 5) is 10.9. The van der Waals surface area contributed by atoms with Crippen LogP contribution in [0.2, 0.25) is 0 Å². The molecule has 4 aromatic heterocycles. The molecule has 0 unspecified atom stereocenters. The van der Waals surface area contributed by atoms with Crippen molar-refractivity contribution in [1.82, 2.24) is 23.7 Å². The van der Waals surface area contributed by atoms with Crippen molar-refractivity contribution in [2.24, 2.45) is 0 Å². The highest BCUT2D eigenvalue weighted by Gasteiger charge is 2.37. The fourth-order valence-corrected chi connectivity index (χ4v) is 17.8. The Morgan fingerprint density at radius 3 is 0.943 bits per heavy atom. The van der Waals surface area contributed by atoms with Crippen LogP contribution in [0.4, 0.5) is 0 Å². The van der Waals surface area contributed by atoms with E-state index in [1.807, 2.05) is 0 Å². The molecule has 0 spiro atoms. The molecule has 0 saturated carbocycles. The van der Waals surface area contributed by atoms with Crippen molar-refractivity contribution < 1.29 is 0 Å². The molecule has 0 bridgehead atoms. The monoisotopic (exact) mass is 1340 g/mol. The normalized spacial score (nSPS) is 13.3. The number of rotatable bonds is 10. The lowest BCUT2D eigenvalue weighted by Crippen LogP contribution is -2.15. The molecule has 0 N–H and O–H groups in total. The topological polar surface area (TPSA) is 40.6 Å². The number of hydrogen-bond donors (Lipinski definition) is 0. The Morgan fingerprint density at radius 2 is 0.514 bits per heavy atom. The predicted molar refractivity (Wildman–Crippen MR) is 438 cm³/mol. The molecule has 19 aromatic rings. The standard InChI is InChI=1S/C100H69N5/c1-99(2)86-30-15-11-26-76(86)78-48-46-74(59-88(78)99)104-92-32-17-13-28-80(92)82-55-68(42-50-94(82)104)70-44-52-96-84(57-70)85-58-71(69-43-51-95-83(56-69)81-29-14-18-33-93(81)105(95)75-47-49-79-77-27-12-16-31-87(77)100(3,4)89(79)60-75)45-53-97(85)103(96)73-25-19-24-72(54-73)98-101-90(66-38-34-64(35-39-66)62-20-7-5-8-21-62)61-91(102-98)67-40-36-65(37-41-67)63-22-9-6-10-23-63/h5-61H,1-4H3. The molecule has 494 valence electrons. The Labute approximate surface area is 609 Å². The van der Waals surface area contributed by atoms with Gasteiger partial charge in [0.15, 0.2) is 5.82 Å². The fraction of sp³-hybridized carbons (Fsp3) is 0.0600. The van der Waals surface area contributed by atoms with E-state index in [0.717, 1.165) is 89.0 Å². The van der Waals surface area contributed by atoms with Crippen LogP contribution in [0.15, 0.2) is 346 Å². The second-order valence-corrected chi connectivity index (χ2v) is 29.7. The van der Waals surface area contributed by atoms with Gasteiger partial charge in [0.25, 0.3) is 0 Å². The van der Waals surface area contributed by atoms with Crippen molar-refractivity contribution in [3.05, 3.63) is 368 Å². The van der Waals surface area contributed by atoms with Crippen molar-refractivity contribution in [3.8, 4) is 118 Å². The lowest BCUT2D eigenvalue weighted by Gasteiger charge is -2.22. The van der Waals surface area contributed by atoms with Gasteiger partial charge in [-0.2, -0.15) is 0 Å². The molecule has 0 saturated heterocycles. The quantitative estimate of drug-likeness (QED) is 0.137. The third kappa shape index (κ3) is 9.48. The van der Waals surface area contributed by atoms with E-state index in [2.05, 4.69) is 387 Å². The Balaban J connectivity index is 0.718. The Morgan fingerprint density at radius 1 is 0.200 bits per heavy atom. The van der Waals surface area contributed by atoms with Crippen LogP contribution in [0.1, 0.15) is 49.9 Å². The van der Waals surface area contributed by atoms with Crippen LogP contribution < -0.4 is 0 Å². The first-order valence-electron chi connectivity index (χ1n) is 36.5. The highest BCUT2D eigenvalue weighted by atomic mass is 15.0. The van der Waals surface area contributed by atoms with E-state index >= 15 is 0 Å². The van der Waals surface area contributed by atoms with Crippen molar-refractivity contribution in [2.45, 2.75) is 38.5 Å². The second-order valence-electron chi connectivity index (χ2n) is 29.7. The van der Waals surface area contributed by atoms with Gasteiger partial charge in [0, 0.05) is 76.9 Å². The van der Waals surface area contributed by atoms with E-state index in [0.29, 0.717) is 5.82 Å². The Kier molecular flexibility index (Phi) is 13.3. The summed E-state index contributed by atoms with van der Waals surface area (Å²) in [5, 5.41) is 7.22. The zero-order valence-corrected chi connectivity index (χ0v) is 58.6. The fourth-order valence-electron chi connectivity index (χ4n) is 17.8. The van der Waals surface area contributed by atoms with Crippen molar-refractivity contribution in [2.75, 3.05) is 0 Å². The van der Waals surface area contributed by atoms with E-state index in [4.69, 9.17) is 9.97 Å². The zero-order chi connectivity index (χ0) is 69.8. The maximum absolute atomic E-state index is 5.45. The average Bonchev–Trinajstić information content (AvgIpc) is 1.58. The largest absolute Gasteiger partial charge is 0.309 e. The summed E-state index contributed by atoms with van der Waals surface area (Å²) in [6, 6.07) is 128. The molecule has 2 aliphatic carbocycles. The average molecular weight is 1340 g/mol. The van der Waals surface area contributed by atoms with Gasteiger partial charge in [0.05, 0.1) is 44.5 Å². The minimum absolute atomic E-state index is 0.122. The lowest BCUT2D eigenvalue weighted by molar-refractivity contribution is 0.660. The van der Waals surface area contributed by atoms with Crippen LogP contribution in [0.3, 0.4) is 0 Å². The molecular formula is C100H69N5. The van der Waals surface area contributed by atoms with Gasteiger partial charge in [-0.1, -0.05) is 270 Å². The summed E-state index contributed by atoms with van der Waals surface area (Å²) in [7, 11) is 0. The number of fused-ring (bicyclic) bond motifs is 15. The third-order valence-electron chi connectivity index (χ3n) is 23.1. The molecule has 15 aromatic carbocycles. The molecule has 5 nitrogen and oxygen atoms in total. The Hall–Kier alpha value is -13.2. The van der Waals surface area contributed by atoms with Gasteiger partial charge in [0.2, 0.25) is 0 Å². The van der Waals surface area contributed by atoms with Crippen LogP contribution in [-0.2, 0) is 10.8 Å². The van der Waals surface area contributed by atoms with Gasteiger partial charge in [0.1, 0.15) is 0 Å². The summed E-state index contributed by atoms with van der Waals surface area (Å²) in [6.07, 6.45) is 0. The number of nitrogens with zero attached hydrogens (tertiary/aromatic N) is 5. The highest BCUT2D eigenvalue weighted by Crippen LogP contribution is 2.52. The molecule has 0 amide bonds. The number of hydrogen-bond acceptors (Lipinski definition) is 2. The van der Waals surface area contributed by atoms with Gasteiger partial charge in [-0.15, -0.1) is 0 Å². The smallest absolute Gasteiger partial charge is 0.160 e. The zero-order valence-electron chi connectivity index (χ0n) is 58.6. The summed E-state index contributed by atoms with van der Waals surface area (Å²) in [6.45, 7) is 9.47. The van der Waals surface area contributed by atoms with Crippen molar-refractivity contribution in [3.63, 3.8) is 0 Å². The lowest BCUT2D eigenvalue weighted by atomic mass is 9.82. The molecule has 5 heteroatoms. The van der Waals surface area contributed by atoms with Crippen LogP contribution >= 0.6 is 0 Å². The third-order valence-corrected chi connectivity index (χ3v) is 23.1. The van der Waals surface area contributed by atoms with Gasteiger partial charge in [-0.25, -0.2) is 9.97 Å². The molecular weight excluding hydrogens is 1270 g/mol. The SMILES string of the molecule is CC1(C)c2ccccc2-c2ccc(-n3c4ccccc4c4cc(-c5ccc6c(c5)c5cc(-c7ccc8c(c7)c7ccccc7n8-c7ccc8c(c7)C(C)(C)c7ccccc7-8)ccc5n6-c5cccc(-c6nc(-c7ccc(-c8ccccc8)cc7)cc(-c7ccc(-c8ccccc8)cc7)n6)c5)ccc43)cc21. The van der Waals surface area contributed by atoms with E-state index in [1.165, 1.54) is 111 Å². The van der Waals surface area contributed by atoms with Crippen LogP contribution in [0.5, 0.6) is 0 Å². The minimum Gasteiger partial charge on any atom is -0.309 e. The van der Waals surface area contributed by atoms with Crippen LogP contribution in [0, 0.1) is 0 Å². The van der Waals surface area contributed by atoms with Crippen LogP contribution in [-0.4, -0.2) is 23.7 Å². The molecule has 0 aliphatic heterocycles.